The van der Waals surface area contributed by atoms with E-state index >= 15 is 0 Å². The van der Waals surface area contributed by atoms with E-state index in [1.54, 1.807) is 18.2 Å². The minimum atomic E-state index is 0.307. The lowest BCUT2D eigenvalue weighted by Crippen LogP contribution is -2.21. The van der Waals surface area contributed by atoms with E-state index in [0.717, 1.165) is 35.6 Å². The molecule has 142 valence electrons. The highest BCUT2D eigenvalue weighted by Gasteiger charge is 2.27. The Morgan fingerprint density at radius 2 is 2.00 bits per heavy atom. The minimum absolute atomic E-state index is 0.307. The van der Waals surface area contributed by atoms with Gasteiger partial charge in [0.25, 0.3) is 0 Å². The van der Waals surface area contributed by atoms with E-state index in [-0.39, 0.29) is 0 Å². The highest BCUT2D eigenvalue weighted by atomic mass is 35.5. The molecule has 0 spiro atoms. The van der Waals surface area contributed by atoms with E-state index in [2.05, 4.69) is 23.2 Å². The van der Waals surface area contributed by atoms with Gasteiger partial charge in [-0.2, -0.15) is 0 Å². The first-order chi connectivity index (χ1) is 13.1. The van der Waals surface area contributed by atoms with Crippen LogP contribution in [0.1, 0.15) is 36.8 Å². The van der Waals surface area contributed by atoms with E-state index in [1.807, 2.05) is 19.2 Å². The van der Waals surface area contributed by atoms with Crippen LogP contribution in [0.2, 0.25) is 10.0 Å². The van der Waals surface area contributed by atoms with E-state index in [9.17, 15) is 0 Å². The number of nitrogens with two attached hydrogens (primary N) is 1. The molecule has 3 nitrogen and oxygen atoms in total. The molecule has 0 aliphatic heterocycles. The molecule has 1 atom stereocenters. The highest BCUT2D eigenvalue weighted by Crippen LogP contribution is 2.33. The van der Waals surface area contributed by atoms with Gasteiger partial charge in [0.2, 0.25) is 0 Å². The van der Waals surface area contributed by atoms with Crippen LogP contribution in [0.5, 0.6) is 11.5 Å². The molecule has 0 radical (unpaired) electrons. The molecule has 0 bridgehead atoms. The van der Waals surface area contributed by atoms with Gasteiger partial charge in [-0.3, -0.25) is 0 Å². The van der Waals surface area contributed by atoms with Crippen molar-refractivity contribution in [1.82, 2.24) is 5.32 Å². The van der Waals surface area contributed by atoms with E-state index in [4.69, 9.17) is 33.7 Å². The summed E-state index contributed by atoms with van der Waals surface area (Å²) < 4.78 is 6.00. The molecule has 1 fully saturated rings. The Kier molecular flexibility index (Phi) is 7.04. The average molecular weight is 403 g/mol. The standard InChI is InChI=1S/C22H24Cl2N2O/c1-26-14-17-12-15(4-2-3-5-21(25)16-7-8-16)6-11-22(17)27-18-9-10-19(23)20(24)13-18/h6,9-13,16,21,26H,3,5,7-8,14,25H2,1H3. The van der Waals surface area contributed by atoms with Gasteiger partial charge in [-0.15, -0.1) is 0 Å². The predicted molar refractivity (Wildman–Crippen MR) is 113 cm³/mol. The lowest BCUT2D eigenvalue weighted by molar-refractivity contribution is 0.474. The van der Waals surface area contributed by atoms with Gasteiger partial charge in [0.1, 0.15) is 11.5 Å². The van der Waals surface area contributed by atoms with Crippen molar-refractivity contribution in [2.45, 2.75) is 38.3 Å². The fourth-order valence-electron chi connectivity index (χ4n) is 2.92. The van der Waals surface area contributed by atoms with Crippen LogP contribution in [0.3, 0.4) is 0 Å². The maximum atomic E-state index is 6.12. The van der Waals surface area contributed by atoms with Gasteiger partial charge in [0, 0.05) is 36.2 Å². The van der Waals surface area contributed by atoms with Crippen LogP contribution in [0.25, 0.3) is 0 Å². The Morgan fingerprint density at radius 1 is 1.19 bits per heavy atom. The highest BCUT2D eigenvalue weighted by molar-refractivity contribution is 6.42. The average Bonchev–Trinajstić information content (AvgIpc) is 3.49. The number of hydrogen-bond donors (Lipinski definition) is 2. The molecule has 27 heavy (non-hydrogen) atoms. The smallest absolute Gasteiger partial charge is 0.132 e. The van der Waals surface area contributed by atoms with E-state index in [0.29, 0.717) is 28.4 Å². The van der Waals surface area contributed by atoms with Gasteiger partial charge in [-0.25, -0.2) is 0 Å². The summed E-state index contributed by atoms with van der Waals surface area (Å²) in [5, 5.41) is 4.14. The molecule has 2 aromatic rings. The number of nitrogens with one attached hydrogen (secondary N) is 1. The summed E-state index contributed by atoms with van der Waals surface area (Å²) in [5.41, 5.74) is 8.13. The van der Waals surface area contributed by atoms with Crippen LogP contribution in [-0.4, -0.2) is 13.1 Å². The largest absolute Gasteiger partial charge is 0.457 e. The van der Waals surface area contributed by atoms with E-state index in [1.165, 1.54) is 12.8 Å². The van der Waals surface area contributed by atoms with Crippen molar-refractivity contribution >= 4 is 23.2 Å². The van der Waals surface area contributed by atoms with Crippen molar-refractivity contribution in [3.63, 3.8) is 0 Å². The van der Waals surface area contributed by atoms with Crippen LogP contribution in [0, 0.1) is 17.8 Å². The third-order valence-corrected chi connectivity index (χ3v) is 5.35. The van der Waals surface area contributed by atoms with Gasteiger partial charge in [0.05, 0.1) is 10.0 Å². The molecule has 5 heteroatoms. The molecule has 0 amide bonds. The van der Waals surface area contributed by atoms with Crippen LogP contribution < -0.4 is 15.8 Å². The monoisotopic (exact) mass is 402 g/mol. The van der Waals surface area contributed by atoms with Crippen LogP contribution in [0.4, 0.5) is 0 Å². The molecular formula is C22H24Cl2N2O. The van der Waals surface area contributed by atoms with Crippen molar-refractivity contribution in [3.8, 4) is 23.3 Å². The molecular weight excluding hydrogens is 379 g/mol. The first-order valence-electron chi connectivity index (χ1n) is 9.21. The number of benzene rings is 2. The summed E-state index contributed by atoms with van der Waals surface area (Å²) in [4.78, 5) is 0. The van der Waals surface area contributed by atoms with Crippen molar-refractivity contribution in [2.75, 3.05) is 7.05 Å². The summed E-state index contributed by atoms with van der Waals surface area (Å²) in [6.45, 7) is 0.679. The van der Waals surface area contributed by atoms with Crippen LogP contribution in [-0.2, 0) is 6.54 Å². The molecule has 0 heterocycles. The number of hydrogen-bond acceptors (Lipinski definition) is 3. The zero-order valence-corrected chi connectivity index (χ0v) is 16.9. The summed E-state index contributed by atoms with van der Waals surface area (Å²) in [7, 11) is 1.90. The normalized spacial score (nSPS) is 14.4. The Morgan fingerprint density at radius 3 is 2.70 bits per heavy atom. The van der Waals surface area contributed by atoms with Crippen molar-refractivity contribution < 1.29 is 4.74 Å². The zero-order valence-electron chi connectivity index (χ0n) is 15.4. The zero-order chi connectivity index (χ0) is 19.2. The fourth-order valence-corrected chi connectivity index (χ4v) is 3.20. The van der Waals surface area contributed by atoms with Crippen molar-refractivity contribution in [2.24, 2.45) is 11.7 Å². The van der Waals surface area contributed by atoms with Gasteiger partial charge >= 0.3 is 0 Å². The van der Waals surface area contributed by atoms with Gasteiger partial charge in [-0.1, -0.05) is 35.0 Å². The second kappa shape index (κ2) is 9.48. The lowest BCUT2D eigenvalue weighted by Gasteiger charge is -2.12. The maximum absolute atomic E-state index is 6.12. The number of halogens is 2. The van der Waals surface area contributed by atoms with Crippen molar-refractivity contribution in [3.05, 3.63) is 57.6 Å². The summed E-state index contributed by atoms with van der Waals surface area (Å²) in [6, 6.07) is 11.5. The molecule has 1 saturated carbocycles. The van der Waals surface area contributed by atoms with E-state index < -0.39 is 0 Å². The molecule has 1 unspecified atom stereocenters. The fraction of sp³-hybridized carbons (Fsp3) is 0.364. The van der Waals surface area contributed by atoms with Crippen LogP contribution >= 0.6 is 23.2 Å². The van der Waals surface area contributed by atoms with Gasteiger partial charge in [-0.05, 0) is 62.6 Å². The number of rotatable bonds is 7. The maximum Gasteiger partial charge on any atom is 0.132 e. The molecule has 3 N–H and O–H groups in total. The first-order valence-corrected chi connectivity index (χ1v) is 9.97. The molecule has 1 aliphatic carbocycles. The molecule has 0 saturated heterocycles. The summed E-state index contributed by atoms with van der Waals surface area (Å²) in [6.07, 6.45) is 4.37. The third-order valence-electron chi connectivity index (χ3n) is 4.61. The Hall–Kier alpha value is -1.70. The molecule has 3 rings (SSSR count). The Labute approximate surface area is 171 Å². The first kappa shape index (κ1) is 20.0. The minimum Gasteiger partial charge on any atom is -0.457 e. The topological polar surface area (TPSA) is 47.3 Å². The predicted octanol–water partition coefficient (Wildman–Crippen LogP) is 5.37. The second-order valence-electron chi connectivity index (χ2n) is 6.87. The lowest BCUT2D eigenvalue weighted by atomic mass is 10.1. The quantitative estimate of drug-likeness (QED) is 0.611. The Balaban J connectivity index is 1.69. The van der Waals surface area contributed by atoms with Gasteiger partial charge < -0.3 is 15.8 Å². The SMILES string of the molecule is CNCc1cc(C#CCCC(N)C2CC2)ccc1Oc1ccc(Cl)c(Cl)c1. The molecule has 0 aromatic heterocycles. The molecule has 2 aromatic carbocycles. The number of ether oxygens (including phenoxy) is 1. The second-order valence-corrected chi connectivity index (χ2v) is 7.69. The van der Waals surface area contributed by atoms with Crippen LogP contribution in [0.15, 0.2) is 36.4 Å². The summed E-state index contributed by atoms with van der Waals surface area (Å²) >= 11 is 12.0. The third kappa shape index (κ3) is 5.89. The van der Waals surface area contributed by atoms with Gasteiger partial charge in [0.15, 0.2) is 0 Å². The molecule has 1 aliphatic rings. The van der Waals surface area contributed by atoms with Crippen molar-refractivity contribution in [1.29, 1.82) is 0 Å². The summed E-state index contributed by atoms with van der Waals surface area (Å²) in [5.74, 6) is 8.63. The Bertz CT molecular complexity index is 853.